The summed E-state index contributed by atoms with van der Waals surface area (Å²) in [6, 6.07) is 17.3. The molecular weight excluding hydrogens is 424 g/mol. The predicted octanol–water partition coefficient (Wildman–Crippen LogP) is 5.40. The molecule has 0 radical (unpaired) electrons. The van der Waals surface area contributed by atoms with Crippen molar-refractivity contribution in [3.05, 3.63) is 54.6 Å². The quantitative estimate of drug-likeness (QED) is 0.503. The van der Waals surface area contributed by atoms with Gasteiger partial charge in [-0.05, 0) is 63.4 Å². The van der Waals surface area contributed by atoms with Crippen LogP contribution in [0.5, 0.6) is 0 Å². The minimum Gasteiger partial charge on any atom is -0.462 e. The molecule has 0 aliphatic heterocycles. The number of aromatic nitrogens is 1. The number of para-hydroxylation sites is 1. The van der Waals surface area contributed by atoms with Gasteiger partial charge in [0.1, 0.15) is 5.60 Å². The van der Waals surface area contributed by atoms with Gasteiger partial charge in [-0.15, -0.1) is 0 Å². The Hall–Kier alpha value is -2.64. The van der Waals surface area contributed by atoms with Gasteiger partial charge in [-0.1, -0.05) is 49.6 Å². The first-order chi connectivity index (χ1) is 15.2. The molecule has 0 bridgehead atoms. The Kier molecular flexibility index (Phi) is 7.74. The van der Waals surface area contributed by atoms with Gasteiger partial charge in [-0.3, -0.25) is 4.79 Å². The lowest BCUT2D eigenvalue weighted by molar-refractivity contribution is -0.138. The van der Waals surface area contributed by atoms with Crippen molar-refractivity contribution < 1.29 is 17.9 Å². The topological polar surface area (TPSA) is 88.3 Å². The summed E-state index contributed by atoms with van der Waals surface area (Å²) in [7, 11) is -3.48. The van der Waals surface area contributed by atoms with Crippen molar-refractivity contribution in [2.24, 2.45) is 0 Å². The number of fused-ring (bicyclic) bond motifs is 1. The SMILES string of the molecule is CC(C)(C)OC=O.O=S(=O)(NC1CCCCC1)c1cccc(-c2cc3ccccc3[nH]2)c1. The van der Waals surface area contributed by atoms with Crippen LogP contribution in [0.1, 0.15) is 52.9 Å². The summed E-state index contributed by atoms with van der Waals surface area (Å²) in [4.78, 5) is 13.3. The molecule has 1 aliphatic carbocycles. The molecule has 0 saturated heterocycles. The fourth-order valence-corrected chi connectivity index (χ4v) is 5.06. The number of ether oxygens (including phenoxy) is 1. The van der Waals surface area contributed by atoms with Crippen LogP contribution < -0.4 is 4.72 Å². The Morgan fingerprint density at radius 3 is 2.34 bits per heavy atom. The van der Waals surface area contributed by atoms with E-state index in [9.17, 15) is 13.2 Å². The number of hydrogen-bond acceptors (Lipinski definition) is 4. The highest BCUT2D eigenvalue weighted by molar-refractivity contribution is 7.89. The van der Waals surface area contributed by atoms with E-state index in [1.807, 2.05) is 51.1 Å². The molecule has 7 heteroatoms. The molecule has 1 aromatic heterocycles. The van der Waals surface area contributed by atoms with Crippen LogP contribution in [0, 0.1) is 0 Å². The summed E-state index contributed by atoms with van der Waals surface area (Å²) in [6.07, 6.45) is 5.26. The molecule has 1 aliphatic rings. The molecule has 0 unspecified atom stereocenters. The van der Waals surface area contributed by atoms with Crippen molar-refractivity contribution in [2.75, 3.05) is 0 Å². The smallest absolute Gasteiger partial charge is 0.293 e. The van der Waals surface area contributed by atoms with E-state index in [0.717, 1.165) is 47.8 Å². The third kappa shape index (κ3) is 6.68. The summed E-state index contributed by atoms with van der Waals surface area (Å²) in [6.45, 7) is 5.92. The number of aromatic amines is 1. The molecule has 0 spiro atoms. The Morgan fingerprint density at radius 1 is 1.00 bits per heavy atom. The van der Waals surface area contributed by atoms with E-state index >= 15 is 0 Å². The third-order valence-corrected chi connectivity index (χ3v) is 6.83. The van der Waals surface area contributed by atoms with E-state index in [4.69, 9.17) is 0 Å². The summed E-state index contributed by atoms with van der Waals surface area (Å²) < 4.78 is 32.9. The number of sulfonamides is 1. The minimum absolute atomic E-state index is 0.0653. The standard InChI is InChI=1S/C20H22N2O2S.C5H10O2/c23-25(24,22-17-9-2-1-3-10-17)18-11-6-8-15(13-18)20-14-16-7-4-5-12-19(16)21-20;1-5(2,3)7-4-6/h4-8,11-14,17,21-22H,1-3,9-10H2;4H,1-3H3. The van der Waals surface area contributed by atoms with Gasteiger partial charge in [0, 0.05) is 22.6 Å². The molecule has 1 fully saturated rings. The van der Waals surface area contributed by atoms with Gasteiger partial charge in [0.2, 0.25) is 10.0 Å². The van der Waals surface area contributed by atoms with Gasteiger partial charge >= 0.3 is 0 Å². The molecule has 2 N–H and O–H groups in total. The van der Waals surface area contributed by atoms with Crippen molar-refractivity contribution in [2.45, 2.75) is 69.4 Å². The van der Waals surface area contributed by atoms with Crippen LogP contribution >= 0.6 is 0 Å². The summed E-state index contributed by atoms with van der Waals surface area (Å²) in [5, 5.41) is 1.12. The normalized spacial score (nSPS) is 15.1. The van der Waals surface area contributed by atoms with Crippen molar-refractivity contribution in [1.29, 1.82) is 0 Å². The molecular formula is C25H32N2O4S. The maximum Gasteiger partial charge on any atom is 0.293 e. The molecule has 0 amide bonds. The zero-order valence-corrected chi connectivity index (χ0v) is 19.7. The van der Waals surface area contributed by atoms with Gasteiger partial charge in [0.05, 0.1) is 4.90 Å². The van der Waals surface area contributed by atoms with Crippen LogP contribution in [0.3, 0.4) is 0 Å². The first-order valence-corrected chi connectivity index (χ1v) is 12.5. The molecule has 3 aromatic rings. The van der Waals surface area contributed by atoms with Crippen LogP contribution in [-0.2, 0) is 19.6 Å². The predicted molar refractivity (Wildman–Crippen MR) is 128 cm³/mol. The lowest BCUT2D eigenvalue weighted by Gasteiger charge is -2.22. The van der Waals surface area contributed by atoms with Crippen LogP contribution in [0.4, 0.5) is 0 Å². The average molecular weight is 457 g/mol. The molecule has 172 valence electrons. The summed E-state index contributed by atoms with van der Waals surface area (Å²) in [5.74, 6) is 0. The van der Waals surface area contributed by atoms with E-state index in [0.29, 0.717) is 11.4 Å². The molecule has 1 heterocycles. The zero-order chi connectivity index (χ0) is 23.2. The first-order valence-electron chi connectivity index (χ1n) is 11.0. The second-order valence-corrected chi connectivity index (χ2v) is 10.8. The Bertz CT molecular complexity index is 1110. The number of hydrogen-bond donors (Lipinski definition) is 2. The summed E-state index contributed by atoms with van der Waals surface area (Å²) >= 11 is 0. The van der Waals surface area contributed by atoms with Crippen molar-refractivity contribution in [3.8, 4) is 11.3 Å². The number of benzene rings is 2. The number of rotatable bonds is 5. The van der Waals surface area contributed by atoms with Crippen molar-refractivity contribution in [3.63, 3.8) is 0 Å². The number of carbonyl (C=O) groups excluding carboxylic acids is 1. The fourth-order valence-electron chi connectivity index (χ4n) is 3.71. The lowest BCUT2D eigenvalue weighted by atomic mass is 9.96. The van der Waals surface area contributed by atoms with Crippen molar-refractivity contribution >= 4 is 27.4 Å². The highest BCUT2D eigenvalue weighted by atomic mass is 32.2. The Balaban J connectivity index is 0.000000360. The van der Waals surface area contributed by atoms with Crippen LogP contribution in [0.2, 0.25) is 0 Å². The van der Waals surface area contributed by atoms with Gasteiger partial charge in [0.15, 0.2) is 0 Å². The number of H-pyrrole nitrogens is 1. The monoisotopic (exact) mass is 456 g/mol. The van der Waals surface area contributed by atoms with E-state index in [1.54, 1.807) is 18.2 Å². The van der Waals surface area contributed by atoms with Crippen LogP contribution in [0.15, 0.2) is 59.5 Å². The number of carbonyl (C=O) groups is 1. The van der Waals surface area contributed by atoms with Gasteiger partial charge in [-0.25, -0.2) is 13.1 Å². The van der Waals surface area contributed by atoms with Gasteiger partial charge in [-0.2, -0.15) is 0 Å². The van der Waals surface area contributed by atoms with Crippen LogP contribution in [-0.4, -0.2) is 31.5 Å². The van der Waals surface area contributed by atoms with E-state index in [-0.39, 0.29) is 11.6 Å². The molecule has 6 nitrogen and oxygen atoms in total. The highest BCUT2D eigenvalue weighted by Crippen LogP contribution is 2.26. The fraction of sp³-hybridized carbons (Fsp3) is 0.400. The van der Waals surface area contributed by atoms with Crippen molar-refractivity contribution in [1.82, 2.24) is 9.71 Å². The number of nitrogens with one attached hydrogen (secondary N) is 2. The first kappa shape index (κ1) is 24.0. The molecule has 4 rings (SSSR count). The maximum absolute atomic E-state index is 12.7. The second kappa shape index (κ2) is 10.3. The Morgan fingerprint density at radius 2 is 1.72 bits per heavy atom. The zero-order valence-electron chi connectivity index (χ0n) is 18.9. The molecule has 32 heavy (non-hydrogen) atoms. The molecule has 0 atom stereocenters. The second-order valence-electron chi connectivity index (χ2n) is 9.08. The van der Waals surface area contributed by atoms with Gasteiger partial charge < -0.3 is 9.72 Å². The van der Waals surface area contributed by atoms with E-state index in [2.05, 4.69) is 20.5 Å². The molecule has 2 aromatic carbocycles. The van der Waals surface area contributed by atoms with E-state index < -0.39 is 10.0 Å². The lowest BCUT2D eigenvalue weighted by Crippen LogP contribution is -2.36. The largest absolute Gasteiger partial charge is 0.462 e. The third-order valence-electron chi connectivity index (χ3n) is 5.31. The van der Waals surface area contributed by atoms with E-state index in [1.165, 1.54) is 6.42 Å². The summed E-state index contributed by atoms with van der Waals surface area (Å²) in [5.41, 5.74) is 2.53. The maximum atomic E-state index is 12.7. The van der Waals surface area contributed by atoms with Gasteiger partial charge in [0.25, 0.3) is 6.47 Å². The minimum atomic E-state index is -3.48. The highest BCUT2D eigenvalue weighted by Gasteiger charge is 2.22. The average Bonchev–Trinajstić information content (AvgIpc) is 3.18. The Labute approximate surface area is 190 Å². The molecule has 1 saturated carbocycles. The van der Waals surface area contributed by atoms with Crippen LogP contribution in [0.25, 0.3) is 22.2 Å².